The molecule has 0 saturated carbocycles. The monoisotopic (exact) mass is 275 g/mol. The molecular formula is C10H14ClN3O4. The summed E-state index contributed by atoms with van der Waals surface area (Å²) >= 11 is 6.00. The quantitative estimate of drug-likeness (QED) is 0.597. The molecule has 0 aliphatic carbocycles. The number of nitrogen functional groups attached to an aromatic ring is 1. The first-order valence-corrected chi connectivity index (χ1v) is 5.83. The largest absolute Gasteiger partial charge is 0.394 e. The van der Waals surface area contributed by atoms with Gasteiger partial charge in [0, 0.05) is 11.8 Å². The van der Waals surface area contributed by atoms with Crippen molar-refractivity contribution in [2.24, 2.45) is 0 Å². The number of hydrogen-bond acceptors (Lipinski definition) is 6. The maximum absolute atomic E-state index is 11.7. The molecular weight excluding hydrogens is 262 g/mol. The summed E-state index contributed by atoms with van der Waals surface area (Å²) in [5.41, 5.74) is 5.51. The number of rotatable bonds is 2. The molecule has 1 aromatic heterocycles. The number of aliphatic hydroxyl groups excluding tert-OH is 2. The predicted octanol–water partition coefficient (Wildman–Crippen LogP) is -1.01. The fraction of sp³-hybridized carbons (Fsp3) is 0.600. The standard InChI is InChI=1S/C10H14ClN3O4/c1-4-2-14(10(17)13-8(4)12)9-6(11)7(16)5(3-15)18-9/h2,5-7,9,15-16H,3H2,1H3,(H2,12,13,17)/t5-,6-,7-,9-/m1/s1. The van der Waals surface area contributed by atoms with Gasteiger partial charge in [-0.2, -0.15) is 4.98 Å². The Kier molecular flexibility index (Phi) is 3.58. The summed E-state index contributed by atoms with van der Waals surface area (Å²) in [5, 5.41) is 17.9. The highest BCUT2D eigenvalue weighted by atomic mass is 35.5. The van der Waals surface area contributed by atoms with E-state index in [1.54, 1.807) is 6.92 Å². The fourth-order valence-electron chi connectivity index (χ4n) is 1.84. The lowest BCUT2D eigenvalue weighted by Gasteiger charge is -2.17. The third-order valence-electron chi connectivity index (χ3n) is 2.92. The lowest BCUT2D eigenvalue weighted by atomic mass is 10.2. The second-order valence-electron chi connectivity index (χ2n) is 4.18. The highest BCUT2D eigenvalue weighted by Gasteiger charge is 2.43. The van der Waals surface area contributed by atoms with Crippen molar-refractivity contribution in [2.45, 2.75) is 30.7 Å². The van der Waals surface area contributed by atoms with Gasteiger partial charge in [-0.25, -0.2) is 4.79 Å². The van der Waals surface area contributed by atoms with Crippen molar-refractivity contribution in [1.29, 1.82) is 0 Å². The van der Waals surface area contributed by atoms with Crippen LogP contribution in [0.2, 0.25) is 0 Å². The first-order chi connectivity index (χ1) is 8.45. The molecule has 7 nitrogen and oxygen atoms in total. The minimum absolute atomic E-state index is 0.139. The van der Waals surface area contributed by atoms with Gasteiger partial charge in [-0.15, -0.1) is 11.6 Å². The first-order valence-electron chi connectivity index (χ1n) is 5.39. The molecule has 8 heteroatoms. The van der Waals surface area contributed by atoms with Crippen LogP contribution in [0.3, 0.4) is 0 Å². The average molecular weight is 276 g/mol. The Morgan fingerprint density at radius 1 is 1.67 bits per heavy atom. The van der Waals surface area contributed by atoms with E-state index in [0.717, 1.165) is 0 Å². The Hall–Kier alpha value is -1.15. The summed E-state index contributed by atoms with van der Waals surface area (Å²) in [4.78, 5) is 15.3. The number of nitrogens with zero attached hydrogens (tertiary/aromatic N) is 2. The molecule has 0 aromatic carbocycles. The maximum Gasteiger partial charge on any atom is 0.351 e. The molecule has 1 saturated heterocycles. The van der Waals surface area contributed by atoms with Gasteiger partial charge in [0.05, 0.1) is 6.61 Å². The number of ether oxygens (including phenoxy) is 1. The highest BCUT2D eigenvalue weighted by molar-refractivity contribution is 6.21. The summed E-state index contributed by atoms with van der Waals surface area (Å²) in [5.74, 6) is 0.139. The van der Waals surface area contributed by atoms with Crippen LogP contribution in [-0.2, 0) is 4.74 Å². The normalized spacial score (nSPS) is 31.8. The zero-order chi connectivity index (χ0) is 13.4. The van der Waals surface area contributed by atoms with Crippen LogP contribution < -0.4 is 11.4 Å². The summed E-state index contributed by atoms with van der Waals surface area (Å²) in [6, 6.07) is 0. The molecule has 100 valence electrons. The van der Waals surface area contributed by atoms with E-state index in [2.05, 4.69) is 4.98 Å². The number of aryl methyl sites for hydroxylation is 1. The van der Waals surface area contributed by atoms with Gasteiger partial charge in [0.2, 0.25) is 0 Å². The van der Waals surface area contributed by atoms with E-state index in [9.17, 15) is 9.90 Å². The van der Waals surface area contributed by atoms with E-state index in [4.69, 9.17) is 27.2 Å². The summed E-state index contributed by atoms with van der Waals surface area (Å²) in [6.45, 7) is 1.31. The van der Waals surface area contributed by atoms with Crippen molar-refractivity contribution >= 4 is 17.4 Å². The summed E-state index contributed by atoms with van der Waals surface area (Å²) in [7, 11) is 0. The van der Waals surface area contributed by atoms with E-state index in [1.165, 1.54) is 10.8 Å². The average Bonchev–Trinajstić information content (AvgIpc) is 2.61. The first kappa shape index (κ1) is 13.3. The van der Waals surface area contributed by atoms with E-state index in [0.29, 0.717) is 5.56 Å². The van der Waals surface area contributed by atoms with Crippen molar-refractivity contribution in [3.8, 4) is 0 Å². The number of aromatic nitrogens is 2. The van der Waals surface area contributed by atoms with Crippen LogP contribution in [-0.4, -0.2) is 44.0 Å². The van der Waals surface area contributed by atoms with Crippen LogP contribution in [0.4, 0.5) is 5.82 Å². The Balaban J connectivity index is 2.39. The number of halogens is 1. The molecule has 1 aliphatic heterocycles. The molecule has 18 heavy (non-hydrogen) atoms. The van der Waals surface area contributed by atoms with Gasteiger partial charge in [0.15, 0.2) is 6.23 Å². The van der Waals surface area contributed by atoms with Crippen LogP contribution in [0.25, 0.3) is 0 Å². The van der Waals surface area contributed by atoms with Crippen LogP contribution in [0, 0.1) is 6.92 Å². The lowest BCUT2D eigenvalue weighted by Crippen LogP contribution is -2.33. The number of alkyl halides is 1. The van der Waals surface area contributed by atoms with Crippen molar-refractivity contribution < 1.29 is 14.9 Å². The SMILES string of the molecule is Cc1cn([C@@H]2O[C@H](CO)[C@@H](O)[C@H]2Cl)c(=O)nc1N. The van der Waals surface area contributed by atoms with Gasteiger partial charge in [-0.3, -0.25) is 4.57 Å². The number of aliphatic hydroxyl groups is 2. The minimum Gasteiger partial charge on any atom is -0.394 e. The van der Waals surface area contributed by atoms with Crippen molar-refractivity contribution in [2.75, 3.05) is 12.3 Å². The Morgan fingerprint density at radius 2 is 2.33 bits per heavy atom. The molecule has 0 amide bonds. The Labute approximate surface area is 108 Å². The van der Waals surface area contributed by atoms with E-state index in [1.807, 2.05) is 0 Å². The highest BCUT2D eigenvalue weighted by Crippen LogP contribution is 2.32. The van der Waals surface area contributed by atoms with Crippen LogP contribution in [0.15, 0.2) is 11.0 Å². The smallest absolute Gasteiger partial charge is 0.351 e. The van der Waals surface area contributed by atoms with Crippen molar-refractivity contribution in [3.63, 3.8) is 0 Å². The summed E-state index contributed by atoms with van der Waals surface area (Å²) < 4.78 is 6.52. The van der Waals surface area contributed by atoms with Gasteiger partial charge < -0.3 is 20.7 Å². The lowest BCUT2D eigenvalue weighted by molar-refractivity contribution is -0.0457. The molecule has 4 N–H and O–H groups in total. The molecule has 2 rings (SSSR count). The van der Waals surface area contributed by atoms with Crippen molar-refractivity contribution in [1.82, 2.24) is 9.55 Å². The van der Waals surface area contributed by atoms with E-state index < -0.39 is 29.5 Å². The van der Waals surface area contributed by atoms with Crippen LogP contribution in [0.1, 0.15) is 11.8 Å². The Bertz CT molecular complexity index is 506. The third kappa shape index (κ3) is 2.10. The number of anilines is 1. The zero-order valence-electron chi connectivity index (χ0n) is 9.65. The fourth-order valence-corrected chi connectivity index (χ4v) is 2.18. The molecule has 1 aliphatic rings. The molecule has 0 radical (unpaired) electrons. The second-order valence-corrected chi connectivity index (χ2v) is 4.69. The van der Waals surface area contributed by atoms with Gasteiger partial charge in [-0.05, 0) is 6.92 Å². The number of hydrogen-bond donors (Lipinski definition) is 3. The van der Waals surface area contributed by atoms with Gasteiger partial charge >= 0.3 is 5.69 Å². The zero-order valence-corrected chi connectivity index (χ0v) is 10.4. The molecule has 1 aromatic rings. The molecule has 4 atom stereocenters. The van der Waals surface area contributed by atoms with E-state index >= 15 is 0 Å². The maximum atomic E-state index is 11.7. The molecule has 0 bridgehead atoms. The van der Waals surface area contributed by atoms with E-state index in [-0.39, 0.29) is 12.4 Å². The van der Waals surface area contributed by atoms with Gasteiger partial charge in [-0.1, -0.05) is 0 Å². The minimum atomic E-state index is -1.05. The molecule has 0 unspecified atom stereocenters. The molecule has 1 fully saturated rings. The molecule has 2 heterocycles. The van der Waals surface area contributed by atoms with Gasteiger partial charge in [0.25, 0.3) is 0 Å². The topological polar surface area (TPSA) is 111 Å². The molecule has 0 spiro atoms. The van der Waals surface area contributed by atoms with Crippen LogP contribution in [0.5, 0.6) is 0 Å². The summed E-state index contributed by atoms with van der Waals surface area (Å²) in [6.07, 6.45) is -1.27. The van der Waals surface area contributed by atoms with Gasteiger partial charge in [0.1, 0.15) is 23.4 Å². The van der Waals surface area contributed by atoms with Crippen LogP contribution >= 0.6 is 11.6 Å². The van der Waals surface area contributed by atoms with Crippen molar-refractivity contribution in [3.05, 3.63) is 22.2 Å². The second kappa shape index (κ2) is 4.85. The third-order valence-corrected chi connectivity index (χ3v) is 3.40. The Morgan fingerprint density at radius 3 is 2.89 bits per heavy atom. The predicted molar refractivity (Wildman–Crippen MR) is 64.3 cm³/mol. The number of nitrogens with two attached hydrogens (primary N) is 1.